The van der Waals surface area contributed by atoms with Gasteiger partial charge in [0, 0.05) is 10.9 Å². The molecule has 0 bridgehead atoms. The number of halogens is 1. The van der Waals surface area contributed by atoms with Crippen molar-refractivity contribution in [1.82, 2.24) is 15.8 Å². The summed E-state index contributed by atoms with van der Waals surface area (Å²) in [4.78, 5) is 37.2. The van der Waals surface area contributed by atoms with Gasteiger partial charge >= 0.3 is 6.03 Å². The lowest BCUT2D eigenvalue weighted by Gasteiger charge is -2.22. The molecule has 0 aromatic heterocycles. The van der Waals surface area contributed by atoms with Gasteiger partial charge in [-0.05, 0) is 49.4 Å². The van der Waals surface area contributed by atoms with E-state index in [2.05, 4.69) is 26.7 Å². The third-order valence-corrected chi connectivity index (χ3v) is 5.34. The van der Waals surface area contributed by atoms with Gasteiger partial charge in [-0.15, -0.1) is 0 Å². The van der Waals surface area contributed by atoms with Crippen molar-refractivity contribution in [3.63, 3.8) is 0 Å². The second kappa shape index (κ2) is 8.56. The Morgan fingerprint density at radius 3 is 2.43 bits per heavy atom. The van der Waals surface area contributed by atoms with Crippen molar-refractivity contribution in [2.45, 2.75) is 38.1 Å². The first kappa shape index (κ1) is 20.1. The van der Waals surface area contributed by atoms with Crippen LogP contribution in [0.2, 0.25) is 0 Å². The Morgan fingerprint density at radius 1 is 1.07 bits per heavy atom. The van der Waals surface area contributed by atoms with Crippen LogP contribution in [0.15, 0.2) is 59.1 Å². The summed E-state index contributed by atoms with van der Waals surface area (Å²) >= 11 is 3.40. The van der Waals surface area contributed by atoms with Crippen LogP contribution in [0.4, 0.5) is 4.79 Å². The summed E-state index contributed by atoms with van der Waals surface area (Å²) in [5, 5.41) is 3.45. The van der Waals surface area contributed by atoms with E-state index < -0.39 is 17.5 Å². The fraction of sp³-hybridized carbons (Fsp3) is 0.286. The maximum atomic E-state index is 12.7. The van der Waals surface area contributed by atoms with Crippen molar-refractivity contribution in [3.8, 4) is 0 Å². The summed E-state index contributed by atoms with van der Waals surface area (Å²) in [5.74, 6) is -0.844. The van der Waals surface area contributed by atoms with Crippen molar-refractivity contribution in [2.75, 3.05) is 0 Å². The van der Waals surface area contributed by atoms with Gasteiger partial charge in [0.1, 0.15) is 5.54 Å². The maximum Gasteiger partial charge on any atom is 0.344 e. The molecule has 7 heteroatoms. The minimum absolute atomic E-state index is 0.246. The molecular weight excluding hydrogens is 422 g/mol. The highest BCUT2D eigenvalue weighted by Crippen LogP contribution is 2.27. The van der Waals surface area contributed by atoms with E-state index in [4.69, 9.17) is 0 Å². The van der Waals surface area contributed by atoms with E-state index in [0.717, 1.165) is 22.3 Å². The number of unbranched alkanes of at least 4 members (excludes halogenated alkanes) is 1. The quantitative estimate of drug-likeness (QED) is 0.506. The Kier molecular flexibility index (Phi) is 6.14. The van der Waals surface area contributed by atoms with Gasteiger partial charge < -0.3 is 5.32 Å². The summed E-state index contributed by atoms with van der Waals surface area (Å²) < 4.78 is 1.03. The molecule has 2 N–H and O–H groups in total. The zero-order valence-corrected chi connectivity index (χ0v) is 17.2. The molecule has 1 atom stereocenters. The normalized spacial score (nSPS) is 18.9. The van der Waals surface area contributed by atoms with E-state index >= 15 is 0 Å². The number of carbonyl (C=O) groups is 3. The van der Waals surface area contributed by atoms with Crippen molar-refractivity contribution < 1.29 is 14.4 Å². The molecule has 6 nitrogen and oxygen atoms in total. The summed E-state index contributed by atoms with van der Waals surface area (Å²) in [7, 11) is 0. The Labute approximate surface area is 172 Å². The summed E-state index contributed by atoms with van der Waals surface area (Å²) in [5.41, 5.74) is 3.12. The lowest BCUT2D eigenvalue weighted by molar-refractivity contribution is -0.139. The Hall–Kier alpha value is -2.67. The standard InChI is InChI=1S/C21H22BrN3O3/c1-21(16-8-3-2-4-9-16)19(27)25(20(28)23-21)24-18(26)10-6-5-7-15-11-13-17(22)14-12-15/h2-4,8-9,11-14H,5-7,10H2,1H3,(H,23,28)(H,24,26). The molecule has 3 rings (SSSR count). The van der Waals surface area contributed by atoms with Crippen molar-refractivity contribution in [3.05, 3.63) is 70.2 Å². The average Bonchev–Trinajstić information content (AvgIpc) is 2.91. The van der Waals surface area contributed by atoms with Gasteiger partial charge in [-0.3, -0.25) is 15.0 Å². The number of carbonyl (C=O) groups excluding carboxylic acids is 3. The number of benzene rings is 2. The third kappa shape index (κ3) is 4.42. The number of hydrazine groups is 1. The van der Waals surface area contributed by atoms with Crippen LogP contribution in [0.3, 0.4) is 0 Å². The molecule has 28 heavy (non-hydrogen) atoms. The maximum absolute atomic E-state index is 12.7. The van der Waals surface area contributed by atoms with Crippen LogP contribution < -0.4 is 10.7 Å². The summed E-state index contributed by atoms with van der Waals surface area (Å²) in [6, 6.07) is 16.4. The molecule has 1 fully saturated rings. The molecule has 0 saturated carbocycles. The number of nitrogens with zero attached hydrogens (tertiary/aromatic N) is 1. The van der Waals surface area contributed by atoms with Gasteiger partial charge in [0.15, 0.2) is 0 Å². The molecular formula is C21H22BrN3O3. The predicted octanol–water partition coefficient (Wildman–Crippen LogP) is 3.66. The van der Waals surface area contributed by atoms with Crippen molar-refractivity contribution in [1.29, 1.82) is 0 Å². The van der Waals surface area contributed by atoms with Gasteiger partial charge in [0.25, 0.3) is 5.91 Å². The van der Waals surface area contributed by atoms with Crippen LogP contribution in [-0.4, -0.2) is 22.9 Å². The van der Waals surface area contributed by atoms with E-state index in [1.54, 1.807) is 31.2 Å². The SMILES string of the molecule is CC1(c2ccccc2)NC(=O)N(NC(=O)CCCCc2ccc(Br)cc2)C1=O. The third-order valence-electron chi connectivity index (χ3n) is 4.81. The fourth-order valence-corrected chi connectivity index (χ4v) is 3.42. The minimum Gasteiger partial charge on any atom is -0.318 e. The molecule has 1 saturated heterocycles. The molecule has 1 unspecified atom stereocenters. The molecule has 0 aliphatic carbocycles. The number of aryl methyl sites for hydroxylation is 1. The second-order valence-corrected chi connectivity index (χ2v) is 7.85. The number of urea groups is 1. The second-order valence-electron chi connectivity index (χ2n) is 6.93. The molecule has 1 aliphatic heterocycles. The van der Waals surface area contributed by atoms with Crippen LogP contribution in [0, 0.1) is 0 Å². The van der Waals surface area contributed by atoms with E-state index in [0.29, 0.717) is 12.0 Å². The average molecular weight is 444 g/mol. The number of nitrogens with one attached hydrogen (secondary N) is 2. The molecule has 2 aromatic carbocycles. The number of hydrogen-bond acceptors (Lipinski definition) is 3. The van der Waals surface area contributed by atoms with E-state index in [1.165, 1.54) is 5.56 Å². The van der Waals surface area contributed by atoms with Crippen LogP contribution in [0.5, 0.6) is 0 Å². The lowest BCUT2D eigenvalue weighted by Crippen LogP contribution is -2.47. The number of rotatable bonds is 7. The zero-order chi connectivity index (χ0) is 20.1. The van der Waals surface area contributed by atoms with E-state index in [1.807, 2.05) is 30.3 Å². The molecule has 1 aliphatic rings. The van der Waals surface area contributed by atoms with Crippen LogP contribution >= 0.6 is 15.9 Å². The van der Waals surface area contributed by atoms with Crippen molar-refractivity contribution in [2.24, 2.45) is 0 Å². The summed E-state index contributed by atoms with van der Waals surface area (Å²) in [6.45, 7) is 1.63. The Morgan fingerprint density at radius 2 is 1.75 bits per heavy atom. The highest BCUT2D eigenvalue weighted by Gasteiger charge is 2.49. The van der Waals surface area contributed by atoms with Gasteiger partial charge in [-0.25, -0.2) is 4.79 Å². The minimum atomic E-state index is -1.19. The largest absolute Gasteiger partial charge is 0.344 e. The lowest BCUT2D eigenvalue weighted by atomic mass is 9.92. The predicted molar refractivity (Wildman–Crippen MR) is 109 cm³/mol. The first-order chi connectivity index (χ1) is 13.4. The summed E-state index contributed by atoms with van der Waals surface area (Å²) in [6.07, 6.45) is 2.63. The Balaban J connectivity index is 1.50. The van der Waals surface area contributed by atoms with Gasteiger partial charge in [0.2, 0.25) is 5.91 Å². The molecule has 2 aromatic rings. The monoisotopic (exact) mass is 443 g/mol. The van der Waals surface area contributed by atoms with Crippen LogP contribution in [0.1, 0.15) is 37.3 Å². The van der Waals surface area contributed by atoms with Gasteiger partial charge in [-0.2, -0.15) is 5.01 Å². The first-order valence-electron chi connectivity index (χ1n) is 9.16. The smallest absolute Gasteiger partial charge is 0.318 e. The van der Waals surface area contributed by atoms with Crippen LogP contribution in [-0.2, 0) is 21.5 Å². The molecule has 0 radical (unpaired) electrons. The molecule has 146 valence electrons. The van der Waals surface area contributed by atoms with Crippen molar-refractivity contribution >= 4 is 33.8 Å². The molecule has 1 heterocycles. The fourth-order valence-electron chi connectivity index (χ4n) is 3.15. The van der Waals surface area contributed by atoms with Crippen LogP contribution in [0.25, 0.3) is 0 Å². The van der Waals surface area contributed by atoms with E-state index in [9.17, 15) is 14.4 Å². The Bertz CT molecular complexity index is 870. The number of imide groups is 1. The highest BCUT2D eigenvalue weighted by atomic mass is 79.9. The van der Waals surface area contributed by atoms with Gasteiger partial charge in [0.05, 0.1) is 0 Å². The molecule has 0 spiro atoms. The molecule has 4 amide bonds. The zero-order valence-electron chi connectivity index (χ0n) is 15.6. The highest BCUT2D eigenvalue weighted by molar-refractivity contribution is 9.10. The van der Waals surface area contributed by atoms with E-state index in [-0.39, 0.29) is 12.3 Å². The number of hydrogen-bond donors (Lipinski definition) is 2. The first-order valence-corrected chi connectivity index (χ1v) is 9.95. The topological polar surface area (TPSA) is 78.5 Å². The van der Waals surface area contributed by atoms with Gasteiger partial charge in [-0.1, -0.05) is 58.4 Å². The number of amides is 4.